The summed E-state index contributed by atoms with van der Waals surface area (Å²) in [5.74, 6) is 1.70. The van der Waals surface area contributed by atoms with E-state index in [0.717, 1.165) is 17.9 Å². The van der Waals surface area contributed by atoms with Crippen molar-refractivity contribution in [3.05, 3.63) is 35.9 Å². The van der Waals surface area contributed by atoms with E-state index in [2.05, 4.69) is 49.5 Å². The van der Waals surface area contributed by atoms with E-state index in [1.165, 1.54) is 31.4 Å². The molecular weight excluding hydrogens is 194 g/mol. The molecule has 1 aliphatic carbocycles. The molecule has 1 fully saturated rings. The predicted molar refractivity (Wildman–Crippen MR) is 69.5 cm³/mol. The number of hydrogen-bond acceptors (Lipinski definition) is 1. The summed E-state index contributed by atoms with van der Waals surface area (Å²) in [5, 5.41) is 3.64. The SMILES string of the molecule is CC(CCc1ccccc1)CNC1CC1C. The third kappa shape index (κ3) is 3.64. The Bertz CT molecular complexity index is 306. The van der Waals surface area contributed by atoms with Crippen LogP contribution in [0.4, 0.5) is 0 Å². The van der Waals surface area contributed by atoms with Gasteiger partial charge in [-0.1, -0.05) is 44.2 Å². The highest BCUT2D eigenvalue weighted by atomic mass is 15.0. The number of hydrogen-bond donors (Lipinski definition) is 1. The maximum atomic E-state index is 3.64. The molecule has 1 aromatic carbocycles. The van der Waals surface area contributed by atoms with E-state index < -0.39 is 0 Å². The molecule has 1 heteroatoms. The lowest BCUT2D eigenvalue weighted by Crippen LogP contribution is -2.24. The minimum absolute atomic E-state index is 0.785. The first-order chi connectivity index (χ1) is 7.75. The second-order valence-corrected chi connectivity index (χ2v) is 5.36. The van der Waals surface area contributed by atoms with Crippen LogP contribution in [-0.4, -0.2) is 12.6 Å². The molecule has 1 N–H and O–H groups in total. The predicted octanol–water partition coefficient (Wildman–Crippen LogP) is 3.25. The summed E-state index contributed by atoms with van der Waals surface area (Å²) in [5.41, 5.74) is 1.47. The molecule has 0 aromatic heterocycles. The van der Waals surface area contributed by atoms with Gasteiger partial charge in [0.1, 0.15) is 0 Å². The van der Waals surface area contributed by atoms with Crippen LogP contribution in [0.5, 0.6) is 0 Å². The Morgan fingerprint density at radius 3 is 2.62 bits per heavy atom. The van der Waals surface area contributed by atoms with Gasteiger partial charge >= 0.3 is 0 Å². The van der Waals surface area contributed by atoms with E-state index in [4.69, 9.17) is 0 Å². The molecule has 0 saturated heterocycles. The van der Waals surface area contributed by atoms with Gasteiger partial charge in [0.05, 0.1) is 0 Å². The summed E-state index contributed by atoms with van der Waals surface area (Å²) in [6.45, 7) is 5.86. The highest BCUT2D eigenvalue weighted by Gasteiger charge is 2.31. The molecule has 1 aromatic rings. The van der Waals surface area contributed by atoms with Crippen molar-refractivity contribution in [2.24, 2.45) is 11.8 Å². The zero-order chi connectivity index (χ0) is 11.4. The Morgan fingerprint density at radius 1 is 1.31 bits per heavy atom. The van der Waals surface area contributed by atoms with Crippen LogP contribution in [0.25, 0.3) is 0 Å². The summed E-state index contributed by atoms with van der Waals surface area (Å²) in [6.07, 6.45) is 3.88. The lowest BCUT2D eigenvalue weighted by Gasteiger charge is -2.12. The Hall–Kier alpha value is -0.820. The first-order valence-electron chi connectivity index (χ1n) is 6.53. The van der Waals surface area contributed by atoms with Gasteiger partial charge in [-0.05, 0) is 43.2 Å². The second-order valence-electron chi connectivity index (χ2n) is 5.36. The van der Waals surface area contributed by atoms with Crippen molar-refractivity contribution in [2.75, 3.05) is 6.54 Å². The summed E-state index contributed by atoms with van der Waals surface area (Å²) in [7, 11) is 0. The zero-order valence-electron chi connectivity index (χ0n) is 10.4. The molecule has 1 aliphatic rings. The third-order valence-corrected chi connectivity index (χ3v) is 3.61. The Labute approximate surface area is 99.3 Å². The van der Waals surface area contributed by atoms with E-state index in [-0.39, 0.29) is 0 Å². The summed E-state index contributed by atoms with van der Waals surface area (Å²) >= 11 is 0. The maximum absolute atomic E-state index is 3.64. The monoisotopic (exact) mass is 217 g/mol. The first-order valence-corrected chi connectivity index (χ1v) is 6.53. The van der Waals surface area contributed by atoms with Gasteiger partial charge in [0, 0.05) is 6.04 Å². The van der Waals surface area contributed by atoms with Crippen LogP contribution in [0.1, 0.15) is 32.3 Å². The van der Waals surface area contributed by atoms with E-state index in [1.807, 2.05) is 0 Å². The zero-order valence-corrected chi connectivity index (χ0v) is 10.4. The van der Waals surface area contributed by atoms with Crippen LogP contribution >= 0.6 is 0 Å². The van der Waals surface area contributed by atoms with E-state index >= 15 is 0 Å². The molecule has 2 rings (SSSR count). The van der Waals surface area contributed by atoms with Crippen molar-refractivity contribution in [1.29, 1.82) is 0 Å². The third-order valence-electron chi connectivity index (χ3n) is 3.61. The van der Waals surface area contributed by atoms with Gasteiger partial charge in [-0.3, -0.25) is 0 Å². The quantitative estimate of drug-likeness (QED) is 0.771. The number of benzene rings is 1. The summed E-state index contributed by atoms with van der Waals surface area (Å²) < 4.78 is 0. The molecule has 0 aliphatic heterocycles. The smallest absolute Gasteiger partial charge is 0.00965 e. The van der Waals surface area contributed by atoms with Crippen LogP contribution in [0.2, 0.25) is 0 Å². The lowest BCUT2D eigenvalue weighted by atomic mass is 10.0. The normalized spacial score (nSPS) is 25.4. The molecule has 16 heavy (non-hydrogen) atoms. The standard InChI is InChI=1S/C15H23N/c1-12(11-16-15-10-13(15)2)8-9-14-6-4-3-5-7-14/h3-7,12-13,15-16H,8-11H2,1-2H3. The molecule has 0 spiro atoms. The topological polar surface area (TPSA) is 12.0 Å². The number of aryl methyl sites for hydroxylation is 1. The Balaban J connectivity index is 1.62. The van der Waals surface area contributed by atoms with Crippen molar-refractivity contribution in [3.8, 4) is 0 Å². The van der Waals surface area contributed by atoms with Crippen LogP contribution in [0.3, 0.4) is 0 Å². The van der Waals surface area contributed by atoms with Gasteiger partial charge in [-0.15, -0.1) is 0 Å². The van der Waals surface area contributed by atoms with Crippen molar-refractivity contribution in [1.82, 2.24) is 5.32 Å². The van der Waals surface area contributed by atoms with Crippen LogP contribution in [0, 0.1) is 11.8 Å². The van der Waals surface area contributed by atoms with E-state index in [0.29, 0.717) is 0 Å². The molecule has 0 radical (unpaired) electrons. The number of nitrogens with one attached hydrogen (secondary N) is 1. The largest absolute Gasteiger partial charge is 0.313 e. The molecule has 3 atom stereocenters. The highest BCUT2D eigenvalue weighted by Crippen LogP contribution is 2.29. The average molecular weight is 217 g/mol. The van der Waals surface area contributed by atoms with Crippen molar-refractivity contribution < 1.29 is 0 Å². The fourth-order valence-corrected chi connectivity index (χ4v) is 2.12. The van der Waals surface area contributed by atoms with Crippen LogP contribution in [0.15, 0.2) is 30.3 Å². The maximum Gasteiger partial charge on any atom is 0.00965 e. The van der Waals surface area contributed by atoms with Crippen LogP contribution < -0.4 is 5.32 Å². The van der Waals surface area contributed by atoms with E-state index in [9.17, 15) is 0 Å². The minimum Gasteiger partial charge on any atom is -0.313 e. The van der Waals surface area contributed by atoms with Crippen molar-refractivity contribution >= 4 is 0 Å². The van der Waals surface area contributed by atoms with Crippen molar-refractivity contribution in [3.63, 3.8) is 0 Å². The number of rotatable bonds is 6. The molecule has 88 valence electrons. The molecular formula is C15H23N. The van der Waals surface area contributed by atoms with Crippen LogP contribution in [-0.2, 0) is 6.42 Å². The van der Waals surface area contributed by atoms with Gasteiger partial charge < -0.3 is 5.32 Å². The molecule has 1 saturated carbocycles. The lowest BCUT2D eigenvalue weighted by molar-refractivity contribution is 0.473. The molecule has 0 bridgehead atoms. The first kappa shape index (κ1) is 11.7. The van der Waals surface area contributed by atoms with Gasteiger partial charge in [0.2, 0.25) is 0 Å². The van der Waals surface area contributed by atoms with Crippen molar-refractivity contribution in [2.45, 2.75) is 39.2 Å². The molecule has 3 unspecified atom stereocenters. The van der Waals surface area contributed by atoms with Gasteiger partial charge in [0.25, 0.3) is 0 Å². The van der Waals surface area contributed by atoms with Gasteiger partial charge in [-0.25, -0.2) is 0 Å². The fourth-order valence-electron chi connectivity index (χ4n) is 2.12. The minimum atomic E-state index is 0.785. The Kier molecular flexibility index (Phi) is 4.00. The van der Waals surface area contributed by atoms with Gasteiger partial charge in [-0.2, -0.15) is 0 Å². The fraction of sp³-hybridized carbons (Fsp3) is 0.600. The average Bonchev–Trinajstić information content (AvgIpc) is 3.01. The second kappa shape index (κ2) is 5.49. The summed E-state index contributed by atoms with van der Waals surface area (Å²) in [4.78, 5) is 0. The summed E-state index contributed by atoms with van der Waals surface area (Å²) in [6, 6.07) is 11.6. The molecule has 1 nitrogen and oxygen atoms in total. The molecule has 0 heterocycles. The van der Waals surface area contributed by atoms with Gasteiger partial charge in [0.15, 0.2) is 0 Å². The molecule has 0 amide bonds. The van der Waals surface area contributed by atoms with E-state index in [1.54, 1.807) is 0 Å². The Morgan fingerprint density at radius 2 is 2.00 bits per heavy atom. The highest BCUT2D eigenvalue weighted by molar-refractivity contribution is 5.14.